The Morgan fingerprint density at radius 3 is 2.47 bits per heavy atom. The summed E-state index contributed by atoms with van der Waals surface area (Å²) >= 11 is 3.04. The number of aryl methyl sites for hydroxylation is 2. The van der Waals surface area contributed by atoms with Gasteiger partial charge in [-0.1, -0.05) is 31.4 Å². The molecule has 4 aromatic heterocycles. The number of hydrogen-bond acceptors (Lipinski definition) is 8. The molecule has 5 aromatic rings. The smallest absolute Gasteiger partial charge is 0.346 e. The van der Waals surface area contributed by atoms with Crippen LogP contribution in [0.25, 0.3) is 42.9 Å². The number of carboxylic acids is 1. The number of benzene rings is 1. The molecule has 1 saturated heterocycles. The van der Waals surface area contributed by atoms with Crippen molar-refractivity contribution in [2.24, 2.45) is 0 Å². The SMILES string of the molecule is Cc1nc(C)c(-c2ccc3cc(-c4c(C5CCCCC5)c5sc(C(=O)O)c(CN(C)C)c5n4CC(=O)N4CCOCC4)ccc3n2)s1. The van der Waals surface area contributed by atoms with Crippen LogP contribution in [-0.4, -0.2) is 81.7 Å². The van der Waals surface area contributed by atoms with Crippen LogP contribution in [-0.2, 0) is 22.6 Å². The van der Waals surface area contributed by atoms with E-state index in [2.05, 4.69) is 39.9 Å². The molecule has 1 aromatic carbocycles. The van der Waals surface area contributed by atoms with Crippen molar-refractivity contribution in [2.75, 3.05) is 40.4 Å². The number of pyridine rings is 1. The average molecular weight is 672 g/mol. The lowest BCUT2D eigenvalue weighted by Gasteiger charge is -2.28. The number of aromatic carboxylic acids is 1. The molecule has 1 aliphatic heterocycles. The van der Waals surface area contributed by atoms with Gasteiger partial charge < -0.3 is 24.2 Å². The first-order valence-electron chi connectivity index (χ1n) is 16.5. The number of hydrogen-bond donors (Lipinski definition) is 1. The number of carbonyl (C=O) groups is 2. The van der Waals surface area contributed by atoms with E-state index in [0.717, 1.165) is 84.9 Å². The Morgan fingerprint density at radius 2 is 1.79 bits per heavy atom. The highest BCUT2D eigenvalue weighted by Gasteiger charge is 2.33. The highest BCUT2D eigenvalue weighted by atomic mass is 32.1. The maximum absolute atomic E-state index is 14.0. The van der Waals surface area contributed by atoms with E-state index in [0.29, 0.717) is 43.6 Å². The van der Waals surface area contributed by atoms with Gasteiger partial charge in [0.2, 0.25) is 5.91 Å². The molecule has 1 aliphatic carbocycles. The van der Waals surface area contributed by atoms with Crippen LogP contribution in [0, 0.1) is 13.8 Å². The van der Waals surface area contributed by atoms with E-state index in [-0.39, 0.29) is 12.5 Å². The van der Waals surface area contributed by atoms with Crippen LogP contribution in [0.4, 0.5) is 0 Å². The minimum Gasteiger partial charge on any atom is -0.477 e. The van der Waals surface area contributed by atoms with Gasteiger partial charge in [-0.2, -0.15) is 0 Å². The number of ether oxygens (including phenoxy) is 1. The topological polar surface area (TPSA) is 101 Å². The van der Waals surface area contributed by atoms with Gasteiger partial charge in [0.1, 0.15) is 11.4 Å². The minimum absolute atomic E-state index is 0.0304. The Hall–Kier alpha value is -3.64. The number of carbonyl (C=O) groups excluding carboxylic acids is 1. The lowest BCUT2D eigenvalue weighted by molar-refractivity contribution is -0.135. The van der Waals surface area contributed by atoms with Crippen LogP contribution in [0.1, 0.15) is 69.5 Å². The standard InChI is InChI=1S/C36H41N5O4S2/c1-21-33(46-22(2)37-21)28-13-10-24-18-25(11-12-27(24)38-28)31-30(23-8-6-5-7-9-23)35-32(26(19-39(3)4)34(47-35)36(43)44)41(31)20-29(42)40-14-16-45-17-15-40/h10-13,18,23H,5-9,14-17,19-20H2,1-4H3,(H,43,44). The number of nitrogens with zero attached hydrogens (tertiary/aromatic N) is 5. The molecule has 7 rings (SSSR count). The summed E-state index contributed by atoms with van der Waals surface area (Å²) in [7, 11) is 3.92. The molecule has 1 amide bonds. The summed E-state index contributed by atoms with van der Waals surface area (Å²) in [5.41, 5.74) is 7.76. The third kappa shape index (κ3) is 6.10. The normalized spacial score (nSPS) is 16.1. The van der Waals surface area contributed by atoms with E-state index < -0.39 is 5.97 Å². The molecule has 11 heteroatoms. The van der Waals surface area contributed by atoms with E-state index in [1.165, 1.54) is 23.3 Å². The first-order valence-corrected chi connectivity index (χ1v) is 18.1. The molecule has 0 bridgehead atoms. The molecule has 5 heterocycles. The Balaban J connectivity index is 1.45. The van der Waals surface area contributed by atoms with E-state index in [1.807, 2.05) is 37.7 Å². The molecule has 2 fully saturated rings. The molecule has 9 nitrogen and oxygen atoms in total. The number of carboxylic acid groups (broad SMARTS) is 1. The maximum atomic E-state index is 14.0. The largest absolute Gasteiger partial charge is 0.477 e. The van der Waals surface area contributed by atoms with Gasteiger partial charge in [-0.25, -0.2) is 14.8 Å². The monoisotopic (exact) mass is 671 g/mol. The summed E-state index contributed by atoms with van der Waals surface area (Å²) in [6, 6.07) is 10.6. The van der Waals surface area contributed by atoms with Gasteiger partial charge >= 0.3 is 5.97 Å². The molecule has 47 heavy (non-hydrogen) atoms. The van der Waals surface area contributed by atoms with Crippen molar-refractivity contribution in [3.63, 3.8) is 0 Å². The van der Waals surface area contributed by atoms with Gasteiger partial charge in [-0.15, -0.1) is 22.7 Å². The Labute approximate surface area is 282 Å². The van der Waals surface area contributed by atoms with Gasteiger partial charge in [0.25, 0.3) is 0 Å². The average Bonchev–Trinajstić information content (AvgIpc) is 3.71. The third-order valence-electron chi connectivity index (χ3n) is 9.46. The fraction of sp³-hybridized carbons (Fsp3) is 0.444. The van der Waals surface area contributed by atoms with Crippen molar-refractivity contribution in [2.45, 2.75) is 65.0 Å². The van der Waals surface area contributed by atoms with Crippen molar-refractivity contribution in [1.29, 1.82) is 0 Å². The summed E-state index contributed by atoms with van der Waals surface area (Å²) in [6.45, 7) is 6.85. The van der Waals surface area contributed by atoms with Crippen LogP contribution in [0.15, 0.2) is 30.3 Å². The zero-order chi connectivity index (χ0) is 32.8. The van der Waals surface area contributed by atoms with Gasteiger partial charge in [0, 0.05) is 30.6 Å². The second-order valence-electron chi connectivity index (χ2n) is 13.1. The first kappa shape index (κ1) is 31.9. The second-order valence-corrected chi connectivity index (χ2v) is 15.3. The number of aromatic nitrogens is 3. The Kier molecular flexibility index (Phi) is 8.90. The van der Waals surface area contributed by atoms with E-state index in [1.54, 1.807) is 11.3 Å². The predicted octanol–water partition coefficient (Wildman–Crippen LogP) is 7.32. The summed E-state index contributed by atoms with van der Waals surface area (Å²) in [5.74, 6) is -0.589. The van der Waals surface area contributed by atoms with Gasteiger partial charge in [0.15, 0.2) is 0 Å². The molecule has 1 saturated carbocycles. The van der Waals surface area contributed by atoms with Crippen LogP contribution in [0.5, 0.6) is 0 Å². The molecule has 246 valence electrons. The number of thiophene rings is 1. The van der Waals surface area contributed by atoms with Crippen molar-refractivity contribution >= 4 is 55.7 Å². The molecular weight excluding hydrogens is 631 g/mol. The van der Waals surface area contributed by atoms with Crippen molar-refractivity contribution in [1.82, 2.24) is 24.3 Å². The van der Waals surface area contributed by atoms with Crippen molar-refractivity contribution < 1.29 is 19.4 Å². The minimum atomic E-state index is -0.913. The van der Waals surface area contributed by atoms with Crippen molar-refractivity contribution in [3.8, 4) is 21.8 Å². The lowest BCUT2D eigenvalue weighted by atomic mass is 9.83. The second kappa shape index (κ2) is 13.1. The molecule has 0 spiro atoms. The number of morpholine rings is 1. The predicted molar refractivity (Wildman–Crippen MR) is 189 cm³/mol. The maximum Gasteiger partial charge on any atom is 0.346 e. The fourth-order valence-corrected chi connectivity index (χ4v) is 9.55. The zero-order valence-electron chi connectivity index (χ0n) is 27.5. The molecular formula is C36H41N5O4S2. The van der Waals surface area contributed by atoms with Crippen LogP contribution >= 0.6 is 22.7 Å². The van der Waals surface area contributed by atoms with Crippen LogP contribution in [0.2, 0.25) is 0 Å². The lowest BCUT2D eigenvalue weighted by Crippen LogP contribution is -2.42. The summed E-state index contributed by atoms with van der Waals surface area (Å²) in [5, 5.41) is 12.4. The summed E-state index contributed by atoms with van der Waals surface area (Å²) in [4.78, 5) is 41.6. The van der Waals surface area contributed by atoms with Gasteiger partial charge in [0.05, 0.1) is 55.9 Å². The zero-order valence-corrected chi connectivity index (χ0v) is 29.1. The molecule has 1 N–H and O–H groups in total. The quantitative estimate of drug-likeness (QED) is 0.184. The third-order valence-corrected chi connectivity index (χ3v) is 11.8. The van der Waals surface area contributed by atoms with Gasteiger partial charge in [-0.05, 0) is 76.0 Å². The summed E-state index contributed by atoms with van der Waals surface area (Å²) < 4.78 is 8.72. The van der Waals surface area contributed by atoms with E-state index >= 15 is 0 Å². The highest BCUT2D eigenvalue weighted by molar-refractivity contribution is 7.21. The van der Waals surface area contributed by atoms with E-state index in [9.17, 15) is 14.7 Å². The molecule has 0 radical (unpaired) electrons. The van der Waals surface area contributed by atoms with Crippen molar-refractivity contribution in [3.05, 3.63) is 57.0 Å². The fourth-order valence-electron chi connectivity index (χ4n) is 7.38. The Bertz CT molecular complexity index is 1980. The number of amides is 1. The van der Waals surface area contributed by atoms with Crippen LogP contribution in [0.3, 0.4) is 0 Å². The van der Waals surface area contributed by atoms with E-state index in [4.69, 9.17) is 9.72 Å². The number of fused-ring (bicyclic) bond motifs is 2. The first-order chi connectivity index (χ1) is 22.7. The molecule has 0 atom stereocenters. The Morgan fingerprint density at radius 1 is 1.02 bits per heavy atom. The van der Waals surface area contributed by atoms with Crippen LogP contribution < -0.4 is 0 Å². The number of thiazole rings is 1. The molecule has 2 aliphatic rings. The molecule has 0 unspecified atom stereocenters. The summed E-state index contributed by atoms with van der Waals surface area (Å²) in [6.07, 6.45) is 5.61. The van der Waals surface area contributed by atoms with Gasteiger partial charge in [-0.3, -0.25) is 4.79 Å². The number of rotatable bonds is 8. The highest BCUT2D eigenvalue weighted by Crippen LogP contribution is 2.49.